The quantitative estimate of drug-likeness (QED) is 0.867. The zero-order valence-electron chi connectivity index (χ0n) is 11.1. The Kier molecular flexibility index (Phi) is 4.04. The average molecular weight is 245 g/mol. The van der Waals surface area contributed by atoms with Gasteiger partial charge in [-0.2, -0.15) is 5.10 Å². The molecule has 0 bridgehead atoms. The van der Waals surface area contributed by atoms with Crippen LogP contribution < -0.4 is 5.32 Å². The van der Waals surface area contributed by atoms with E-state index in [1.807, 2.05) is 24.1 Å². The summed E-state index contributed by atoms with van der Waals surface area (Å²) in [5.74, 6) is 0.998. The molecule has 0 saturated heterocycles. The molecule has 18 heavy (non-hydrogen) atoms. The number of hydrogen-bond donors (Lipinski definition) is 1. The van der Waals surface area contributed by atoms with Crippen molar-refractivity contribution in [1.29, 1.82) is 0 Å². The first-order valence-electron chi connectivity index (χ1n) is 6.20. The summed E-state index contributed by atoms with van der Waals surface area (Å²) in [6.07, 6.45) is 6.20. The Morgan fingerprint density at radius 1 is 1.39 bits per heavy atom. The van der Waals surface area contributed by atoms with E-state index in [-0.39, 0.29) is 6.04 Å². The zero-order chi connectivity index (χ0) is 13.0. The van der Waals surface area contributed by atoms with Crippen molar-refractivity contribution in [3.63, 3.8) is 0 Å². The first-order chi connectivity index (χ1) is 8.74. The molecule has 2 heterocycles. The van der Waals surface area contributed by atoms with E-state index in [1.54, 1.807) is 6.33 Å². The first kappa shape index (κ1) is 12.7. The van der Waals surface area contributed by atoms with E-state index in [4.69, 9.17) is 0 Å². The first-order valence-corrected chi connectivity index (χ1v) is 6.20. The minimum Gasteiger partial charge on any atom is -0.313 e. The fourth-order valence-electron chi connectivity index (χ4n) is 2.05. The van der Waals surface area contributed by atoms with Gasteiger partial charge in [0.2, 0.25) is 0 Å². The van der Waals surface area contributed by atoms with Gasteiger partial charge >= 0.3 is 0 Å². The lowest BCUT2D eigenvalue weighted by atomic mass is 10.0. The third kappa shape index (κ3) is 2.73. The van der Waals surface area contributed by atoms with Crippen molar-refractivity contribution >= 4 is 0 Å². The third-order valence-corrected chi connectivity index (χ3v) is 3.03. The van der Waals surface area contributed by atoms with E-state index in [0.29, 0.717) is 0 Å². The molecule has 0 aliphatic carbocycles. The van der Waals surface area contributed by atoms with Gasteiger partial charge in [-0.15, -0.1) is 0 Å². The molecule has 0 aliphatic heterocycles. The van der Waals surface area contributed by atoms with Crippen LogP contribution in [0.15, 0.2) is 24.8 Å². The summed E-state index contributed by atoms with van der Waals surface area (Å²) < 4.78 is 1.92. The number of pyridine rings is 1. The Balaban J connectivity index is 2.20. The van der Waals surface area contributed by atoms with Crippen molar-refractivity contribution in [3.8, 4) is 0 Å². The van der Waals surface area contributed by atoms with Crippen LogP contribution in [0.4, 0.5) is 0 Å². The molecule has 0 spiro atoms. The van der Waals surface area contributed by atoms with Gasteiger partial charge in [-0.05, 0) is 32.0 Å². The molecule has 2 aromatic rings. The van der Waals surface area contributed by atoms with Gasteiger partial charge in [0, 0.05) is 31.4 Å². The number of aromatic nitrogens is 4. The molecule has 0 saturated carbocycles. The molecule has 1 N–H and O–H groups in total. The fourth-order valence-corrected chi connectivity index (χ4v) is 2.05. The summed E-state index contributed by atoms with van der Waals surface area (Å²) in [5.41, 5.74) is 2.35. The molecule has 2 rings (SSSR count). The molecular weight excluding hydrogens is 226 g/mol. The maximum atomic E-state index is 4.31. The summed E-state index contributed by atoms with van der Waals surface area (Å²) in [5, 5.41) is 7.51. The maximum Gasteiger partial charge on any atom is 0.138 e. The van der Waals surface area contributed by atoms with Crippen molar-refractivity contribution in [2.45, 2.75) is 32.9 Å². The maximum absolute atomic E-state index is 4.31. The SMILES string of the molecule is CCn1ncnc1CC(NC)c1cncc(C)c1. The monoisotopic (exact) mass is 245 g/mol. The van der Waals surface area contributed by atoms with Gasteiger partial charge in [-0.25, -0.2) is 4.98 Å². The van der Waals surface area contributed by atoms with Crippen molar-refractivity contribution < 1.29 is 0 Å². The van der Waals surface area contributed by atoms with Gasteiger partial charge in [0.1, 0.15) is 12.2 Å². The summed E-state index contributed by atoms with van der Waals surface area (Å²) in [7, 11) is 1.96. The Hall–Kier alpha value is -1.75. The number of hydrogen-bond acceptors (Lipinski definition) is 4. The van der Waals surface area contributed by atoms with Gasteiger partial charge in [0.05, 0.1) is 0 Å². The summed E-state index contributed by atoms with van der Waals surface area (Å²) in [4.78, 5) is 8.56. The van der Waals surface area contributed by atoms with Crippen LogP contribution in [-0.4, -0.2) is 26.8 Å². The van der Waals surface area contributed by atoms with Crippen LogP contribution in [0.2, 0.25) is 0 Å². The molecule has 5 heteroatoms. The van der Waals surface area contributed by atoms with E-state index in [9.17, 15) is 0 Å². The van der Waals surface area contributed by atoms with E-state index in [1.165, 1.54) is 11.1 Å². The van der Waals surface area contributed by atoms with Crippen LogP contribution >= 0.6 is 0 Å². The van der Waals surface area contributed by atoms with Crippen LogP contribution in [0.3, 0.4) is 0 Å². The Morgan fingerprint density at radius 2 is 2.22 bits per heavy atom. The summed E-state index contributed by atoms with van der Waals surface area (Å²) in [6, 6.07) is 2.37. The highest BCUT2D eigenvalue weighted by atomic mass is 15.3. The average Bonchev–Trinajstić information content (AvgIpc) is 2.83. The van der Waals surface area contributed by atoms with Crippen molar-refractivity contribution in [2.24, 2.45) is 0 Å². The molecule has 0 fully saturated rings. The number of nitrogens with one attached hydrogen (secondary N) is 1. The molecule has 0 aromatic carbocycles. The minimum atomic E-state index is 0.215. The molecule has 0 aliphatic rings. The lowest BCUT2D eigenvalue weighted by molar-refractivity contribution is 0.532. The van der Waals surface area contributed by atoms with Crippen LogP contribution in [0.25, 0.3) is 0 Å². The number of nitrogens with zero attached hydrogens (tertiary/aromatic N) is 4. The second-order valence-electron chi connectivity index (χ2n) is 4.33. The highest BCUT2D eigenvalue weighted by Crippen LogP contribution is 2.17. The largest absolute Gasteiger partial charge is 0.313 e. The fraction of sp³-hybridized carbons (Fsp3) is 0.462. The van der Waals surface area contributed by atoms with Crippen LogP contribution in [-0.2, 0) is 13.0 Å². The number of likely N-dealkylation sites (N-methyl/N-ethyl adjacent to an activating group) is 1. The Morgan fingerprint density at radius 3 is 2.89 bits per heavy atom. The molecule has 96 valence electrons. The third-order valence-electron chi connectivity index (χ3n) is 3.03. The van der Waals surface area contributed by atoms with Crippen molar-refractivity contribution in [1.82, 2.24) is 25.1 Å². The molecule has 1 atom stereocenters. The smallest absolute Gasteiger partial charge is 0.138 e. The standard InChI is InChI=1S/C13H19N5/c1-4-18-13(16-9-17-18)6-12(14-3)11-5-10(2)7-15-8-11/h5,7-9,12,14H,4,6H2,1-3H3. The van der Waals surface area contributed by atoms with E-state index in [2.05, 4.69) is 40.3 Å². The van der Waals surface area contributed by atoms with Gasteiger partial charge in [0.15, 0.2) is 0 Å². The molecule has 5 nitrogen and oxygen atoms in total. The Labute approximate surface area is 107 Å². The van der Waals surface area contributed by atoms with Crippen molar-refractivity contribution in [2.75, 3.05) is 7.05 Å². The van der Waals surface area contributed by atoms with Crippen LogP contribution in [0, 0.1) is 6.92 Å². The minimum absolute atomic E-state index is 0.215. The van der Waals surface area contributed by atoms with Crippen LogP contribution in [0.5, 0.6) is 0 Å². The lowest BCUT2D eigenvalue weighted by Crippen LogP contribution is -2.21. The summed E-state index contributed by atoms with van der Waals surface area (Å²) in [6.45, 7) is 4.97. The topological polar surface area (TPSA) is 55.6 Å². The van der Waals surface area contributed by atoms with Crippen molar-refractivity contribution in [3.05, 3.63) is 41.7 Å². The van der Waals surface area contributed by atoms with E-state index >= 15 is 0 Å². The van der Waals surface area contributed by atoms with Gasteiger partial charge < -0.3 is 5.32 Å². The van der Waals surface area contributed by atoms with Gasteiger partial charge in [-0.1, -0.05) is 6.07 Å². The lowest BCUT2D eigenvalue weighted by Gasteiger charge is -2.16. The zero-order valence-corrected chi connectivity index (χ0v) is 11.1. The predicted octanol–water partition coefficient (Wildman–Crippen LogP) is 1.50. The molecule has 0 amide bonds. The van der Waals surface area contributed by atoms with Crippen LogP contribution in [0.1, 0.15) is 29.9 Å². The van der Waals surface area contributed by atoms with Gasteiger partial charge in [0.25, 0.3) is 0 Å². The Bertz CT molecular complexity index is 506. The number of rotatable bonds is 5. The molecule has 1 unspecified atom stereocenters. The van der Waals surface area contributed by atoms with E-state index < -0.39 is 0 Å². The molecular formula is C13H19N5. The highest BCUT2D eigenvalue weighted by molar-refractivity contribution is 5.21. The second kappa shape index (κ2) is 5.73. The molecule has 0 radical (unpaired) electrons. The summed E-state index contributed by atoms with van der Waals surface area (Å²) >= 11 is 0. The molecule has 2 aromatic heterocycles. The van der Waals surface area contributed by atoms with E-state index in [0.717, 1.165) is 18.8 Å². The number of aryl methyl sites for hydroxylation is 2. The highest BCUT2D eigenvalue weighted by Gasteiger charge is 2.14. The normalized spacial score (nSPS) is 12.6. The predicted molar refractivity (Wildman–Crippen MR) is 70.2 cm³/mol. The second-order valence-corrected chi connectivity index (χ2v) is 4.33. The van der Waals surface area contributed by atoms with Gasteiger partial charge in [-0.3, -0.25) is 9.67 Å².